The molecule has 0 bridgehead atoms. The summed E-state index contributed by atoms with van der Waals surface area (Å²) in [6, 6.07) is -0.848. The van der Waals surface area contributed by atoms with Crippen molar-refractivity contribution < 1.29 is 14.7 Å². The Kier molecular flexibility index (Phi) is 12.5. The molecule has 1 fully saturated rings. The van der Waals surface area contributed by atoms with Crippen LogP contribution in [0, 0.1) is 5.92 Å². The fraction of sp³-hybridized carbons (Fsp3) is 0.895. The molecule has 1 saturated heterocycles. The Morgan fingerprint density at radius 1 is 1.43 bits per heavy atom. The Hall–Kier alpha value is -0.480. The van der Waals surface area contributed by atoms with Crippen molar-refractivity contribution >= 4 is 36.3 Å². The first kappa shape index (κ1) is 25.6. The molecule has 5 atom stereocenters. The van der Waals surface area contributed by atoms with E-state index in [0.29, 0.717) is 30.4 Å². The van der Waals surface area contributed by atoms with Crippen LogP contribution in [0.1, 0.15) is 39.5 Å². The fourth-order valence-corrected chi connectivity index (χ4v) is 4.05. The van der Waals surface area contributed by atoms with E-state index in [1.54, 1.807) is 11.8 Å². The van der Waals surface area contributed by atoms with Gasteiger partial charge in [0.25, 0.3) is 0 Å². The van der Waals surface area contributed by atoms with Gasteiger partial charge in [-0.05, 0) is 43.7 Å². The van der Waals surface area contributed by atoms with Crippen molar-refractivity contribution in [2.24, 2.45) is 11.7 Å². The van der Waals surface area contributed by atoms with Gasteiger partial charge in [-0.3, -0.25) is 9.69 Å². The molecule has 5 N–H and O–H groups in total. The van der Waals surface area contributed by atoms with Crippen LogP contribution >= 0.6 is 24.4 Å². The maximum Gasteiger partial charge on any atom is 0.326 e. The summed E-state index contributed by atoms with van der Waals surface area (Å²) in [4.78, 5) is 26.4. The van der Waals surface area contributed by atoms with Crippen LogP contribution in [0.2, 0.25) is 0 Å². The lowest BCUT2D eigenvalue weighted by Gasteiger charge is -2.33. The molecule has 0 radical (unpaired) electrons. The quantitative estimate of drug-likeness (QED) is 0.260. The molecule has 9 heteroatoms. The van der Waals surface area contributed by atoms with Crippen LogP contribution in [0.25, 0.3) is 0 Å². The average Bonchev–Trinajstić information content (AvgIpc) is 3.15. The highest BCUT2D eigenvalue weighted by Gasteiger charge is 2.34. The Morgan fingerprint density at radius 3 is 2.71 bits per heavy atom. The zero-order chi connectivity index (χ0) is 21.1. The van der Waals surface area contributed by atoms with Crippen molar-refractivity contribution in [3.8, 4) is 0 Å². The maximum atomic E-state index is 12.8. The van der Waals surface area contributed by atoms with Crippen molar-refractivity contribution in [1.29, 1.82) is 0 Å². The van der Waals surface area contributed by atoms with Crippen LogP contribution in [0.4, 0.5) is 0 Å². The highest BCUT2D eigenvalue weighted by molar-refractivity contribution is 7.98. The lowest BCUT2D eigenvalue weighted by atomic mass is 9.98. The number of nitrogens with zero attached hydrogens (tertiary/aromatic N) is 1. The number of nitrogens with one attached hydrogen (secondary N) is 2. The van der Waals surface area contributed by atoms with E-state index in [1.807, 2.05) is 6.26 Å². The summed E-state index contributed by atoms with van der Waals surface area (Å²) in [6.07, 6.45) is 5.12. The van der Waals surface area contributed by atoms with Gasteiger partial charge in [-0.1, -0.05) is 20.3 Å². The van der Waals surface area contributed by atoms with E-state index in [2.05, 4.69) is 42.0 Å². The van der Waals surface area contributed by atoms with Gasteiger partial charge < -0.3 is 21.5 Å². The number of thioether (sulfide) groups is 1. The molecule has 1 amide bonds. The van der Waals surface area contributed by atoms with Gasteiger partial charge in [-0.25, -0.2) is 4.79 Å². The normalized spacial score (nSPS) is 21.8. The minimum Gasteiger partial charge on any atom is -0.480 e. The van der Waals surface area contributed by atoms with Gasteiger partial charge in [0.1, 0.15) is 6.04 Å². The van der Waals surface area contributed by atoms with Crippen molar-refractivity contribution in [2.75, 3.05) is 37.4 Å². The summed E-state index contributed by atoms with van der Waals surface area (Å²) in [5.41, 5.74) is 6.00. The van der Waals surface area contributed by atoms with Crippen LogP contribution in [-0.2, 0) is 9.59 Å². The molecule has 0 aliphatic carbocycles. The van der Waals surface area contributed by atoms with E-state index in [4.69, 9.17) is 5.73 Å². The number of hydrogen-bond donors (Lipinski definition) is 5. The van der Waals surface area contributed by atoms with Crippen LogP contribution in [0.3, 0.4) is 0 Å². The van der Waals surface area contributed by atoms with Gasteiger partial charge in [0.15, 0.2) is 0 Å². The summed E-state index contributed by atoms with van der Waals surface area (Å²) < 4.78 is 0. The third-order valence-electron chi connectivity index (χ3n) is 5.53. The standard InChI is InChI=1S/C19H38N4O3S2/c1-4-13(2)16(21-10-14(20)12-27)11-23-8-5-6-17(23)18(24)22-15(19(25)26)7-9-28-3/h13-17,21,27H,4-12,20H2,1-3H3,(H,22,24)(H,25,26)/t13-,14+,15-,16+,17-/m0/s1. The molecule has 1 heterocycles. The van der Waals surface area contributed by atoms with E-state index in [9.17, 15) is 14.7 Å². The number of thiol groups is 1. The number of nitrogens with two attached hydrogens (primary N) is 1. The van der Waals surface area contributed by atoms with Gasteiger partial charge in [-0.2, -0.15) is 24.4 Å². The van der Waals surface area contributed by atoms with Gasteiger partial charge in [0.2, 0.25) is 5.91 Å². The Labute approximate surface area is 179 Å². The molecule has 1 aliphatic heterocycles. The summed E-state index contributed by atoms with van der Waals surface area (Å²) >= 11 is 5.83. The summed E-state index contributed by atoms with van der Waals surface area (Å²) in [7, 11) is 0. The number of carboxylic acid groups (broad SMARTS) is 1. The minimum atomic E-state index is -0.966. The number of carbonyl (C=O) groups excluding carboxylic acids is 1. The molecule has 0 unspecified atom stereocenters. The predicted molar refractivity (Wildman–Crippen MR) is 120 cm³/mol. The largest absolute Gasteiger partial charge is 0.480 e. The highest BCUT2D eigenvalue weighted by atomic mass is 32.2. The number of carbonyl (C=O) groups is 2. The Balaban J connectivity index is 2.71. The van der Waals surface area contributed by atoms with Crippen LogP contribution < -0.4 is 16.4 Å². The summed E-state index contributed by atoms with van der Waals surface area (Å²) in [5, 5.41) is 15.7. The molecule has 0 saturated carbocycles. The van der Waals surface area contributed by atoms with E-state index in [1.165, 1.54) is 0 Å². The van der Waals surface area contributed by atoms with Crippen molar-refractivity contribution in [1.82, 2.24) is 15.5 Å². The van der Waals surface area contributed by atoms with Gasteiger partial charge in [-0.15, -0.1) is 0 Å². The number of carboxylic acids is 1. The van der Waals surface area contributed by atoms with Crippen LogP contribution in [0.5, 0.6) is 0 Å². The van der Waals surface area contributed by atoms with Gasteiger partial charge in [0.05, 0.1) is 6.04 Å². The molecule has 7 nitrogen and oxygen atoms in total. The number of rotatable bonds is 14. The highest BCUT2D eigenvalue weighted by Crippen LogP contribution is 2.20. The second-order valence-corrected chi connectivity index (χ2v) is 9.03. The van der Waals surface area contributed by atoms with E-state index in [0.717, 1.165) is 32.4 Å². The van der Waals surface area contributed by atoms with Crippen LogP contribution in [0.15, 0.2) is 0 Å². The monoisotopic (exact) mass is 434 g/mol. The van der Waals surface area contributed by atoms with E-state index < -0.39 is 12.0 Å². The molecule has 1 aliphatic rings. The number of likely N-dealkylation sites (tertiary alicyclic amines) is 1. The molecule has 28 heavy (non-hydrogen) atoms. The first-order valence-corrected chi connectivity index (χ1v) is 12.2. The predicted octanol–water partition coefficient (Wildman–Crippen LogP) is 1.03. The minimum absolute atomic E-state index is 0.000299. The topological polar surface area (TPSA) is 108 Å². The molecule has 0 aromatic carbocycles. The van der Waals surface area contributed by atoms with Crippen LogP contribution in [-0.4, -0.2) is 83.4 Å². The van der Waals surface area contributed by atoms with E-state index >= 15 is 0 Å². The SMILES string of the molecule is CC[C@H](C)[C@@H](CN1CCC[C@H]1C(=O)N[C@@H](CCSC)C(=O)O)NC[C@@H](N)CS. The van der Waals surface area contributed by atoms with Crippen molar-refractivity contribution in [2.45, 2.75) is 63.7 Å². The molecular formula is C19H38N4O3S2. The fourth-order valence-electron chi connectivity index (χ4n) is 3.45. The van der Waals surface area contributed by atoms with Crippen molar-refractivity contribution in [3.63, 3.8) is 0 Å². The Morgan fingerprint density at radius 2 is 2.14 bits per heavy atom. The number of hydrogen-bond acceptors (Lipinski definition) is 7. The summed E-state index contributed by atoms with van der Waals surface area (Å²) in [5.74, 6) is 0.649. The van der Waals surface area contributed by atoms with E-state index in [-0.39, 0.29) is 24.0 Å². The molecule has 0 aromatic rings. The second kappa shape index (κ2) is 13.7. The molecule has 0 aromatic heterocycles. The van der Waals surface area contributed by atoms with Gasteiger partial charge >= 0.3 is 5.97 Å². The third-order valence-corrected chi connectivity index (χ3v) is 6.64. The molecule has 1 rings (SSSR count). The molecule has 164 valence electrons. The third kappa shape index (κ3) is 8.49. The average molecular weight is 435 g/mol. The summed E-state index contributed by atoms with van der Waals surface area (Å²) in [6.45, 7) is 6.68. The lowest BCUT2D eigenvalue weighted by molar-refractivity contribution is -0.142. The lowest BCUT2D eigenvalue weighted by Crippen LogP contribution is -2.54. The first-order chi connectivity index (χ1) is 13.3. The number of aliphatic carboxylic acids is 1. The van der Waals surface area contributed by atoms with Gasteiger partial charge in [0, 0.05) is 30.9 Å². The zero-order valence-corrected chi connectivity index (χ0v) is 19.1. The first-order valence-electron chi connectivity index (χ1n) is 10.2. The molecular weight excluding hydrogens is 396 g/mol. The smallest absolute Gasteiger partial charge is 0.326 e. The van der Waals surface area contributed by atoms with Crippen molar-refractivity contribution in [3.05, 3.63) is 0 Å². The second-order valence-electron chi connectivity index (χ2n) is 7.68. The maximum absolute atomic E-state index is 12.8. The number of amides is 1. The molecule has 0 spiro atoms. The Bertz CT molecular complexity index is 484. The zero-order valence-electron chi connectivity index (χ0n) is 17.4.